The first kappa shape index (κ1) is 17.9. The molecule has 3 N–H and O–H groups in total. The lowest BCUT2D eigenvalue weighted by Crippen LogP contribution is -2.19. The first-order chi connectivity index (χ1) is 13.6. The number of para-hydroxylation sites is 1. The summed E-state index contributed by atoms with van der Waals surface area (Å²) in [7, 11) is 0. The maximum absolute atomic E-state index is 10.00. The summed E-state index contributed by atoms with van der Waals surface area (Å²) < 4.78 is 1.76. The summed E-state index contributed by atoms with van der Waals surface area (Å²) in [4.78, 5) is 9.16. The van der Waals surface area contributed by atoms with Gasteiger partial charge in [-0.2, -0.15) is 15.1 Å². The second-order valence-electron chi connectivity index (χ2n) is 6.58. The summed E-state index contributed by atoms with van der Waals surface area (Å²) in [6.07, 6.45) is 1.57. The van der Waals surface area contributed by atoms with E-state index in [1.807, 2.05) is 68.4 Å². The topological polar surface area (TPSA) is 87.9 Å². The van der Waals surface area contributed by atoms with Crippen LogP contribution in [-0.2, 0) is 0 Å². The second kappa shape index (κ2) is 7.66. The van der Waals surface area contributed by atoms with Gasteiger partial charge in [0, 0.05) is 5.69 Å². The molecule has 0 aliphatic rings. The summed E-state index contributed by atoms with van der Waals surface area (Å²) in [5, 5.41) is 21.6. The minimum absolute atomic E-state index is 0.342. The van der Waals surface area contributed by atoms with Gasteiger partial charge in [0.15, 0.2) is 5.65 Å². The molecule has 1 atom stereocenters. The molecular formula is C21H22N6O. The fourth-order valence-corrected chi connectivity index (χ4v) is 2.85. The van der Waals surface area contributed by atoms with Crippen LogP contribution < -0.4 is 10.6 Å². The molecule has 2 heterocycles. The Morgan fingerprint density at radius 3 is 2.50 bits per heavy atom. The van der Waals surface area contributed by atoms with Gasteiger partial charge in [0.1, 0.15) is 12.0 Å². The molecule has 0 unspecified atom stereocenters. The van der Waals surface area contributed by atoms with Crippen molar-refractivity contribution in [2.45, 2.75) is 26.5 Å². The maximum atomic E-state index is 10.00. The quantitative estimate of drug-likeness (QED) is 0.442. The van der Waals surface area contributed by atoms with E-state index in [-0.39, 0.29) is 0 Å². The highest BCUT2D eigenvalue weighted by molar-refractivity contribution is 5.90. The van der Waals surface area contributed by atoms with Crippen LogP contribution in [0.15, 0.2) is 60.8 Å². The predicted octanol–water partition coefficient (Wildman–Crippen LogP) is 4.01. The Bertz CT molecular complexity index is 1080. The number of nitrogens with one attached hydrogen (secondary N) is 2. The molecule has 4 aromatic rings. The van der Waals surface area contributed by atoms with Crippen molar-refractivity contribution in [1.82, 2.24) is 19.7 Å². The highest BCUT2D eigenvalue weighted by Gasteiger charge is 2.15. The van der Waals surface area contributed by atoms with Gasteiger partial charge in [0.05, 0.1) is 17.3 Å². The predicted molar refractivity (Wildman–Crippen MR) is 111 cm³/mol. The SMILES string of the molecule is CC[C@@H](O)Nc1nc(Nc2ccc(C)cc2)c2cnn(-c3ccccc3)c2n1. The molecule has 2 aromatic carbocycles. The van der Waals surface area contributed by atoms with Crippen LogP contribution in [0.2, 0.25) is 0 Å². The van der Waals surface area contributed by atoms with Crippen LogP contribution in [0.25, 0.3) is 16.7 Å². The lowest BCUT2D eigenvalue weighted by molar-refractivity contribution is 0.198. The van der Waals surface area contributed by atoms with Crippen LogP contribution in [0.3, 0.4) is 0 Å². The number of anilines is 3. The average Bonchev–Trinajstić information content (AvgIpc) is 3.14. The fraction of sp³-hybridized carbons (Fsp3) is 0.190. The second-order valence-corrected chi connectivity index (χ2v) is 6.58. The van der Waals surface area contributed by atoms with Crippen molar-refractivity contribution >= 4 is 28.5 Å². The first-order valence-electron chi connectivity index (χ1n) is 9.23. The molecule has 0 radical (unpaired) electrons. The Balaban J connectivity index is 1.82. The number of aromatic nitrogens is 4. The highest BCUT2D eigenvalue weighted by atomic mass is 16.3. The van der Waals surface area contributed by atoms with E-state index in [1.165, 1.54) is 5.56 Å². The van der Waals surface area contributed by atoms with E-state index in [0.717, 1.165) is 16.8 Å². The number of aliphatic hydroxyl groups is 1. The van der Waals surface area contributed by atoms with Gasteiger partial charge < -0.3 is 15.7 Å². The molecule has 0 saturated heterocycles. The normalized spacial score (nSPS) is 12.1. The van der Waals surface area contributed by atoms with E-state index < -0.39 is 6.23 Å². The number of aliphatic hydroxyl groups excluding tert-OH is 1. The summed E-state index contributed by atoms with van der Waals surface area (Å²) in [6, 6.07) is 17.9. The zero-order valence-electron chi connectivity index (χ0n) is 15.8. The Hall–Kier alpha value is -3.45. The molecule has 2 aromatic heterocycles. The van der Waals surface area contributed by atoms with Gasteiger partial charge in [-0.3, -0.25) is 0 Å². The third-order valence-electron chi connectivity index (χ3n) is 4.43. The van der Waals surface area contributed by atoms with Gasteiger partial charge in [0.25, 0.3) is 0 Å². The van der Waals surface area contributed by atoms with Crippen LogP contribution in [0.1, 0.15) is 18.9 Å². The Morgan fingerprint density at radius 2 is 1.79 bits per heavy atom. The van der Waals surface area contributed by atoms with Crippen molar-refractivity contribution in [2.24, 2.45) is 0 Å². The van der Waals surface area contributed by atoms with Gasteiger partial charge in [-0.05, 0) is 37.6 Å². The van der Waals surface area contributed by atoms with Crippen LogP contribution in [0, 0.1) is 6.92 Å². The smallest absolute Gasteiger partial charge is 0.228 e. The molecule has 0 saturated carbocycles. The minimum atomic E-state index is -0.724. The minimum Gasteiger partial charge on any atom is -0.374 e. The van der Waals surface area contributed by atoms with Crippen molar-refractivity contribution in [3.05, 3.63) is 66.4 Å². The summed E-state index contributed by atoms with van der Waals surface area (Å²) in [6.45, 7) is 3.93. The molecule has 0 aliphatic carbocycles. The number of hydrogen-bond donors (Lipinski definition) is 3. The lowest BCUT2D eigenvalue weighted by atomic mass is 10.2. The van der Waals surface area contributed by atoms with Gasteiger partial charge in [-0.15, -0.1) is 0 Å². The van der Waals surface area contributed by atoms with E-state index in [1.54, 1.807) is 10.9 Å². The molecule has 0 fully saturated rings. The van der Waals surface area contributed by atoms with E-state index in [2.05, 4.69) is 25.7 Å². The number of aryl methyl sites for hydroxylation is 1. The zero-order chi connectivity index (χ0) is 19.5. The molecule has 28 heavy (non-hydrogen) atoms. The molecular weight excluding hydrogens is 352 g/mol. The number of rotatable bonds is 6. The molecule has 7 heteroatoms. The highest BCUT2D eigenvalue weighted by Crippen LogP contribution is 2.27. The third kappa shape index (κ3) is 3.65. The Morgan fingerprint density at radius 1 is 1.04 bits per heavy atom. The Labute approximate surface area is 163 Å². The van der Waals surface area contributed by atoms with Crippen molar-refractivity contribution < 1.29 is 5.11 Å². The molecule has 7 nitrogen and oxygen atoms in total. The summed E-state index contributed by atoms with van der Waals surface area (Å²) >= 11 is 0. The number of benzene rings is 2. The zero-order valence-corrected chi connectivity index (χ0v) is 15.8. The van der Waals surface area contributed by atoms with Crippen LogP contribution in [0.4, 0.5) is 17.5 Å². The van der Waals surface area contributed by atoms with Crippen LogP contribution >= 0.6 is 0 Å². The summed E-state index contributed by atoms with van der Waals surface area (Å²) in [5.41, 5.74) is 3.66. The number of hydrogen-bond acceptors (Lipinski definition) is 6. The average molecular weight is 374 g/mol. The molecule has 142 valence electrons. The van der Waals surface area contributed by atoms with Crippen LogP contribution in [0.5, 0.6) is 0 Å². The van der Waals surface area contributed by atoms with Crippen LogP contribution in [-0.4, -0.2) is 31.1 Å². The standard InChI is InChI=1S/C21H22N6O/c1-3-18(28)24-21-25-19(23-15-11-9-14(2)10-12-15)17-13-22-27(20(17)26-21)16-7-5-4-6-8-16/h4-13,18,28H,3H2,1-2H3,(H2,23,24,25,26)/t18-/m1/s1. The Kier molecular flexibility index (Phi) is 4.90. The molecule has 4 rings (SSSR count). The van der Waals surface area contributed by atoms with Gasteiger partial charge in [-0.1, -0.05) is 42.8 Å². The molecule has 0 aliphatic heterocycles. The van der Waals surface area contributed by atoms with Crippen molar-refractivity contribution in [2.75, 3.05) is 10.6 Å². The van der Waals surface area contributed by atoms with E-state index in [4.69, 9.17) is 0 Å². The maximum Gasteiger partial charge on any atom is 0.228 e. The largest absolute Gasteiger partial charge is 0.374 e. The van der Waals surface area contributed by atoms with Gasteiger partial charge in [0.2, 0.25) is 5.95 Å². The van der Waals surface area contributed by atoms with Crippen molar-refractivity contribution in [3.8, 4) is 5.69 Å². The van der Waals surface area contributed by atoms with Crippen molar-refractivity contribution in [3.63, 3.8) is 0 Å². The monoisotopic (exact) mass is 374 g/mol. The third-order valence-corrected chi connectivity index (χ3v) is 4.43. The fourth-order valence-electron chi connectivity index (χ4n) is 2.85. The first-order valence-corrected chi connectivity index (χ1v) is 9.23. The number of fused-ring (bicyclic) bond motifs is 1. The van der Waals surface area contributed by atoms with E-state index >= 15 is 0 Å². The molecule has 0 bridgehead atoms. The van der Waals surface area contributed by atoms with E-state index in [0.29, 0.717) is 23.8 Å². The number of nitrogens with zero attached hydrogens (tertiary/aromatic N) is 4. The molecule has 0 spiro atoms. The van der Waals surface area contributed by atoms with E-state index in [9.17, 15) is 5.11 Å². The van der Waals surface area contributed by atoms with Crippen molar-refractivity contribution in [1.29, 1.82) is 0 Å². The van der Waals surface area contributed by atoms with Gasteiger partial charge >= 0.3 is 0 Å². The van der Waals surface area contributed by atoms with Gasteiger partial charge in [-0.25, -0.2) is 4.68 Å². The molecule has 0 amide bonds. The summed E-state index contributed by atoms with van der Waals surface area (Å²) in [5.74, 6) is 0.969. The lowest BCUT2D eigenvalue weighted by Gasteiger charge is -2.13.